The standard InChI is InChI=1S/C20H22N2O7S/c1-12-11-30(25,26)22(20(12)24)15-7-5-13(6-8-15)19(23)21-14-9-16(27-2)18(29-4)17(10-14)28-3/h5-10,12H,11H2,1-4H3,(H,21,23). The van der Waals surface area contributed by atoms with Crippen LogP contribution in [-0.4, -0.2) is 47.3 Å². The molecule has 3 rings (SSSR count). The van der Waals surface area contributed by atoms with Crippen molar-refractivity contribution in [3.05, 3.63) is 42.0 Å². The minimum absolute atomic E-state index is 0.202. The molecule has 2 amide bonds. The van der Waals surface area contributed by atoms with Crippen LogP contribution in [0.15, 0.2) is 36.4 Å². The number of nitrogens with zero attached hydrogens (tertiary/aromatic N) is 1. The van der Waals surface area contributed by atoms with Crippen molar-refractivity contribution in [2.45, 2.75) is 6.92 Å². The third-order valence-corrected chi connectivity index (χ3v) is 6.52. The van der Waals surface area contributed by atoms with Crippen molar-refractivity contribution < 1.29 is 32.2 Å². The molecule has 0 spiro atoms. The highest BCUT2D eigenvalue weighted by atomic mass is 32.2. The van der Waals surface area contributed by atoms with E-state index in [0.29, 0.717) is 22.9 Å². The van der Waals surface area contributed by atoms with E-state index < -0.39 is 27.8 Å². The molecule has 0 aliphatic carbocycles. The maximum atomic E-state index is 12.6. The van der Waals surface area contributed by atoms with E-state index in [1.807, 2.05) is 0 Å². The summed E-state index contributed by atoms with van der Waals surface area (Å²) in [4.78, 5) is 24.8. The van der Waals surface area contributed by atoms with Gasteiger partial charge < -0.3 is 19.5 Å². The number of carbonyl (C=O) groups excluding carboxylic acids is 2. The van der Waals surface area contributed by atoms with Crippen LogP contribution < -0.4 is 23.8 Å². The van der Waals surface area contributed by atoms with Gasteiger partial charge in [-0.15, -0.1) is 0 Å². The third kappa shape index (κ3) is 3.90. The van der Waals surface area contributed by atoms with Crippen molar-refractivity contribution in [3.63, 3.8) is 0 Å². The van der Waals surface area contributed by atoms with E-state index in [1.54, 1.807) is 19.1 Å². The number of ether oxygens (including phenoxy) is 3. The Kier molecular flexibility index (Phi) is 5.88. The van der Waals surface area contributed by atoms with Gasteiger partial charge in [0.1, 0.15) is 0 Å². The minimum Gasteiger partial charge on any atom is -0.493 e. The van der Waals surface area contributed by atoms with Crippen molar-refractivity contribution in [2.24, 2.45) is 5.92 Å². The molecule has 2 aromatic carbocycles. The summed E-state index contributed by atoms with van der Waals surface area (Å²) in [6, 6.07) is 8.94. The van der Waals surface area contributed by atoms with E-state index in [2.05, 4.69) is 5.32 Å². The zero-order valence-electron chi connectivity index (χ0n) is 17.0. The van der Waals surface area contributed by atoms with Crippen molar-refractivity contribution in [1.29, 1.82) is 0 Å². The summed E-state index contributed by atoms with van der Waals surface area (Å²) < 4.78 is 41.0. The Morgan fingerprint density at radius 2 is 1.60 bits per heavy atom. The largest absolute Gasteiger partial charge is 0.493 e. The molecule has 0 bridgehead atoms. The van der Waals surface area contributed by atoms with Gasteiger partial charge in [0.05, 0.1) is 38.7 Å². The van der Waals surface area contributed by atoms with Gasteiger partial charge in [-0.1, -0.05) is 6.92 Å². The summed E-state index contributed by atoms with van der Waals surface area (Å²) in [5.41, 5.74) is 0.906. The first kappa shape index (κ1) is 21.4. The lowest BCUT2D eigenvalue weighted by Crippen LogP contribution is -2.30. The summed E-state index contributed by atoms with van der Waals surface area (Å²) in [7, 11) is 0.717. The van der Waals surface area contributed by atoms with Crippen molar-refractivity contribution >= 4 is 33.2 Å². The van der Waals surface area contributed by atoms with Crippen LogP contribution in [0.3, 0.4) is 0 Å². The van der Waals surface area contributed by atoms with E-state index in [-0.39, 0.29) is 17.0 Å². The maximum absolute atomic E-state index is 12.6. The van der Waals surface area contributed by atoms with Crippen LogP contribution in [0.4, 0.5) is 11.4 Å². The number of hydrogen-bond donors (Lipinski definition) is 1. The number of nitrogens with one attached hydrogen (secondary N) is 1. The third-order valence-electron chi connectivity index (χ3n) is 4.65. The highest BCUT2D eigenvalue weighted by Gasteiger charge is 2.41. The minimum atomic E-state index is -3.70. The summed E-state index contributed by atoms with van der Waals surface area (Å²) in [6.45, 7) is 1.57. The predicted molar refractivity (Wildman–Crippen MR) is 111 cm³/mol. The van der Waals surface area contributed by atoms with E-state index in [0.717, 1.165) is 4.31 Å². The molecule has 0 radical (unpaired) electrons. The number of benzene rings is 2. The first-order valence-electron chi connectivity index (χ1n) is 9.00. The van der Waals surface area contributed by atoms with Gasteiger partial charge in [-0.25, -0.2) is 12.7 Å². The molecule has 1 atom stereocenters. The number of carbonyl (C=O) groups is 2. The zero-order valence-corrected chi connectivity index (χ0v) is 17.8. The van der Waals surface area contributed by atoms with Gasteiger partial charge in [-0.05, 0) is 24.3 Å². The van der Waals surface area contributed by atoms with Crippen LogP contribution in [-0.2, 0) is 14.8 Å². The maximum Gasteiger partial charge on any atom is 0.255 e. The van der Waals surface area contributed by atoms with Gasteiger partial charge in [-0.3, -0.25) is 9.59 Å². The molecule has 2 aromatic rings. The van der Waals surface area contributed by atoms with Crippen molar-refractivity contribution in [1.82, 2.24) is 0 Å². The highest BCUT2D eigenvalue weighted by Crippen LogP contribution is 2.40. The van der Waals surface area contributed by atoms with Crippen LogP contribution in [0.1, 0.15) is 17.3 Å². The predicted octanol–water partition coefficient (Wildman–Crippen LogP) is 2.28. The Hall–Kier alpha value is -3.27. The average Bonchev–Trinajstić information content (AvgIpc) is 2.93. The Morgan fingerprint density at radius 1 is 1.03 bits per heavy atom. The zero-order chi connectivity index (χ0) is 22.1. The first-order chi connectivity index (χ1) is 14.2. The SMILES string of the molecule is COc1cc(NC(=O)c2ccc(N3C(=O)C(C)CS3(=O)=O)cc2)cc(OC)c1OC. The van der Waals surface area contributed by atoms with E-state index in [9.17, 15) is 18.0 Å². The number of sulfonamides is 1. The van der Waals surface area contributed by atoms with Crippen LogP contribution in [0.25, 0.3) is 0 Å². The van der Waals surface area contributed by atoms with E-state index in [4.69, 9.17) is 14.2 Å². The van der Waals surface area contributed by atoms with Gasteiger partial charge in [0.15, 0.2) is 11.5 Å². The van der Waals surface area contributed by atoms with Crippen LogP contribution in [0.5, 0.6) is 17.2 Å². The molecule has 0 aromatic heterocycles. The second-order valence-corrected chi connectivity index (χ2v) is 8.56. The average molecular weight is 434 g/mol. The Bertz CT molecular complexity index is 1060. The Morgan fingerprint density at radius 3 is 2.03 bits per heavy atom. The lowest BCUT2D eigenvalue weighted by Gasteiger charge is -2.16. The van der Waals surface area contributed by atoms with Gasteiger partial charge >= 0.3 is 0 Å². The number of methoxy groups -OCH3 is 3. The molecule has 0 saturated carbocycles. The molecular weight excluding hydrogens is 412 g/mol. The molecule has 160 valence electrons. The second kappa shape index (κ2) is 8.23. The topological polar surface area (TPSA) is 111 Å². The molecule has 1 heterocycles. The fraction of sp³-hybridized carbons (Fsp3) is 0.300. The van der Waals surface area contributed by atoms with E-state index >= 15 is 0 Å². The quantitative estimate of drug-likeness (QED) is 0.742. The smallest absolute Gasteiger partial charge is 0.255 e. The molecule has 30 heavy (non-hydrogen) atoms. The fourth-order valence-electron chi connectivity index (χ4n) is 3.19. The van der Waals surface area contributed by atoms with Crippen LogP contribution in [0.2, 0.25) is 0 Å². The van der Waals surface area contributed by atoms with Crippen molar-refractivity contribution in [3.8, 4) is 17.2 Å². The normalized spacial score (nSPS) is 17.5. The molecule has 1 fully saturated rings. The number of hydrogen-bond acceptors (Lipinski definition) is 7. The van der Waals surface area contributed by atoms with E-state index in [1.165, 1.54) is 45.6 Å². The fourth-order valence-corrected chi connectivity index (χ4v) is 5.01. The monoisotopic (exact) mass is 434 g/mol. The molecule has 1 aliphatic heterocycles. The molecule has 1 saturated heterocycles. The van der Waals surface area contributed by atoms with Crippen LogP contribution in [0, 0.1) is 5.92 Å². The Labute approximate surface area is 174 Å². The second-order valence-electron chi connectivity index (χ2n) is 6.70. The lowest BCUT2D eigenvalue weighted by atomic mass is 10.1. The molecular formula is C20H22N2O7S. The lowest BCUT2D eigenvalue weighted by molar-refractivity contribution is -0.119. The van der Waals surface area contributed by atoms with Gasteiger partial charge in [-0.2, -0.15) is 0 Å². The van der Waals surface area contributed by atoms with Crippen molar-refractivity contribution in [2.75, 3.05) is 36.7 Å². The summed E-state index contributed by atoms with van der Waals surface area (Å²) in [6.07, 6.45) is 0. The van der Waals surface area contributed by atoms with Gasteiger partial charge in [0.25, 0.3) is 5.91 Å². The van der Waals surface area contributed by atoms with Crippen LogP contribution >= 0.6 is 0 Å². The number of rotatable bonds is 6. The summed E-state index contributed by atoms with van der Waals surface area (Å²) in [5, 5.41) is 2.73. The molecule has 1 aliphatic rings. The first-order valence-corrected chi connectivity index (χ1v) is 10.6. The highest BCUT2D eigenvalue weighted by molar-refractivity contribution is 7.94. The molecule has 9 nitrogen and oxygen atoms in total. The molecule has 10 heteroatoms. The Balaban J connectivity index is 1.83. The summed E-state index contributed by atoms with van der Waals surface area (Å²) in [5.74, 6) is -0.575. The molecule has 1 unspecified atom stereocenters. The number of amides is 2. The number of anilines is 2. The summed E-state index contributed by atoms with van der Waals surface area (Å²) >= 11 is 0. The van der Waals surface area contributed by atoms with Gasteiger partial charge in [0.2, 0.25) is 21.7 Å². The molecule has 1 N–H and O–H groups in total. The van der Waals surface area contributed by atoms with Gasteiger partial charge in [0, 0.05) is 23.4 Å².